The van der Waals surface area contributed by atoms with Crippen LogP contribution in [0.4, 0.5) is 0 Å². The Morgan fingerprint density at radius 2 is 1.90 bits per heavy atom. The Labute approximate surface area is 178 Å². The maximum absolute atomic E-state index is 12.3. The number of aromatic nitrogens is 3. The number of hydrogen-bond acceptors (Lipinski definition) is 5. The van der Waals surface area contributed by atoms with E-state index in [1.165, 1.54) is 5.56 Å². The van der Waals surface area contributed by atoms with Crippen molar-refractivity contribution in [2.75, 3.05) is 20.7 Å². The molecule has 0 aliphatic carbocycles. The van der Waals surface area contributed by atoms with Crippen LogP contribution in [0.25, 0.3) is 0 Å². The highest BCUT2D eigenvalue weighted by Gasteiger charge is 2.05. The van der Waals surface area contributed by atoms with Gasteiger partial charge in [-0.05, 0) is 63.2 Å². The van der Waals surface area contributed by atoms with Crippen LogP contribution in [-0.4, -0.2) is 40.6 Å². The Morgan fingerprint density at radius 1 is 1.03 bits per heavy atom. The lowest BCUT2D eigenvalue weighted by molar-refractivity contribution is 0.305. The van der Waals surface area contributed by atoms with E-state index in [4.69, 9.17) is 4.74 Å². The monoisotopic (exact) mass is 406 g/mol. The summed E-state index contributed by atoms with van der Waals surface area (Å²) >= 11 is 0. The topological polar surface area (TPSA) is 71.1 Å². The van der Waals surface area contributed by atoms with E-state index in [-0.39, 0.29) is 5.56 Å². The summed E-state index contributed by atoms with van der Waals surface area (Å²) in [5.41, 5.74) is 3.79. The van der Waals surface area contributed by atoms with Crippen molar-refractivity contribution >= 4 is 0 Å². The predicted octanol–water partition coefficient (Wildman–Crippen LogP) is 3.53. The van der Waals surface area contributed by atoms with Crippen LogP contribution < -0.4 is 10.3 Å². The van der Waals surface area contributed by atoms with Gasteiger partial charge in [0.1, 0.15) is 11.6 Å². The molecule has 2 aromatic heterocycles. The minimum atomic E-state index is -0.0745. The fourth-order valence-electron chi connectivity index (χ4n) is 3.22. The molecule has 0 radical (unpaired) electrons. The summed E-state index contributed by atoms with van der Waals surface area (Å²) in [4.78, 5) is 26.1. The van der Waals surface area contributed by atoms with Crippen molar-refractivity contribution in [1.29, 1.82) is 0 Å². The number of H-pyrrole nitrogens is 1. The van der Waals surface area contributed by atoms with E-state index in [9.17, 15) is 4.79 Å². The standard InChI is InChI=1S/C24H30N4O2/c1-18-10-11-19(15-25-18)13-21-16-26-23(27-24(21)29)9-4-5-12-30-22-8-6-7-20(14-22)17-28(2)3/h6-8,10-11,14-16H,4-5,9,12-13,17H2,1-3H3,(H,26,27,29). The number of benzene rings is 1. The largest absolute Gasteiger partial charge is 0.494 e. The Morgan fingerprint density at radius 3 is 2.63 bits per heavy atom. The normalized spacial score (nSPS) is 11.1. The summed E-state index contributed by atoms with van der Waals surface area (Å²) in [5, 5.41) is 0. The quantitative estimate of drug-likeness (QED) is 0.522. The molecule has 0 spiro atoms. The molecule has 0 saturated heterocycles. The van der Waals surface area contributed by atoms with Crippen molar-refractivity contribution in [2.45, 2.75) is 39.2 Å². The summed E-state index contributed by atoms with van der Waals surface area (Å²) in [6, 6.07) is 12.1. The molecule has 0 fully saturated rings. The Balaban J connectivity index is 1.43. The average molecular weight is 407 g/mol. The molecule has 0 aliphatic rings. The Kier molecular flexibility index (Phi) is 7.74. The molecule has 6 nitrogen and oxygen atoms in total. The van der Waals surface area contributed by atoms with Crippen LogP contribution in [0.15, 0.2) is 53.6 Å². The molecular weight excluding hydrogens is 376 g/mol. The molecule has 0 saturated carbocycles. The molecule has 3 rings (SSSR count). The number of rotatable bonds is 10. The third-order valence-corrected chi connectivity index (χ3v) is 4.77. The average Bonchev–Trinajstić information content (AvgIpc) is 2.71. The maximum atomic E-state index is 12.3. The number of unbranched alkanes of at least 4 members (excludes halogenated alkanes) is 1. The number of aromatic amines is 1. The summed E-state index contributed by atoms with van der Waals surface area (Å²) in [5.74, 6) is 1.62. The van der Waals surface area contributed by atoms with Crippen LogP contribution in [0.1, 0.15) is 41.1 Å². The highest BCUT2D eigenvalue weighted by molar-refractivity contribution is 5.28. The molecule has 3 aromatic rings. The first-order valence-corrected chi connectivity index (χ1v) is 10.3. The summed E-state index contributed by atoms with van der Waals surface area (Å²) in [6.45, 7) is 3.49. The number of hydrogen-bond donors (Lipinski definition) is 1. The molecular formula is C24H30N4O2. The van der Waals surface area contributed by atoms with Crippen molar-refractivity contribution in [3.63, 3.8) is 0 Å². The Hall–Kier alpha value is -2.99. The van der Waals surface area contributed by atoms with E-state index in [1.54, 1.807) is 12.4 Å². The van der Waals surface area contributed by atoms with Gasteiger partial charge in [0.05, 0.1) is 6.61 Å². The van der Waals surface area contributed by atoms with Gasteiger partial charge in [0.2, 0.25) is 0 Å². The van der Waals surface area contributed by atoms with Gasteiger partial charge in [-0.15, -0.1) is 0 Å². The van der Waals surface area contributed by atoms with Gasteiger partial charge in [0, 0.05) is 43.0 Å². The summed E-state index contributed by atoms with van der Waals surface area (Å²) in [6.07, 6.45) is 6.56. The maximum Gasteiger partial charge on any atom is 0.254 e. The first kappa shape index (κ1) is 21.7. The fourth-order valence-corrected chi connectivity index (χ4v) is 3.22. The van der Waals surface area contributed by atoms with Crippen molar-refractivity contribution in [3.8, 4) is 5.75 Å². The van der Waals surface area contributed by atoms with E-state index in [2.05, 4.69) is 46.1 Å². The van der Waals surface area contributed by atoms with Gasteiger partial charge in [0.15, 0.2) is 0 Å². The lowest BCUT2D eigenvalue weighted by Crippen LogP contribution is -2.16. The van der Waals surface area contributed by atoms with Crippen LogP contribution in [0.5, 0.6) is 5.75 Å². The highest BCUT2D eigenvalue weighted by Crippen LogP contribution is 2.15. The molecule has 1 aromatic carbocycles. The number of aryl methyl sites for hydroxylation is 2. The van der Waals surface area contributed by atoms with E-state index in [0.717, 1.165) is 48.6 Å². The van der Waals surface area contributed by atoms with Crippen molar-refractivity contribution in [2.24, 2.45) is 0 Å². The first-order chi connectivity index (χ1) is 14.5. The smallest absolute Gasteiger partial charge is 0.254 e. The lowest BCUT2D eigenvalue weighted by Gasteiger charge is -2.11. The van der Waals surface area contributed by atoms with Crippen LogP contribution in [0, 0.1) is 6.92 Å². The predicted molar refractivity (Wildman–Crippen MR) is 119 cm³/mol. The molecule has 2 heterocycles. The summed E-state index contributed by atoms with van der Waals surface area (Å²) < 4.78 is 5.87. The second-order valence-corrected chi connectivity index (χ2v) is 7.86. The highest BCUT2D eigenvalue weighted by atomic mass is 16.5. The minimum Gasteiger partial charge on any atom is -0.494 e. The summed E-state index contributed by atoms with van der Waals surface area (Å²) in [7, 11) is 4.11. The lowest BCUT2D eigenvalue weighted by atomic mass is 10.1. The van der Waals surface area contributed by atoms with Gasteiger partial charge in [-0.2, -0.15) is 0 Å². The molecule has 30 heavy (non-hydrogen) atoms. The zero-order chi connectivity index (χ0) is 21.3. The van der Waals surface area contributed by atoms with Crippen LogP contribution >= 0.6 is 0 Å². The molecule has 0 aliphatic heterocycles. The van der Waals surface area contributed by atoms with E-state index in [1.807, 2.05) is 31.2 Å². The van der Waals surface area contributed by atoms with Crippen molar-refractivity contribution < 1.29 is 4.74 Å². The van der Waals surface area contributed by atoms with Crippen LogP contribution in [0.3, 0.4) is 0 Å². The van der Waals surface area contributed by atoms with Crippen molar-refractivity contribution in [3.05, 3.63) is 87.4 Å². The molecule has 1 N–H and O–H groups in total. The Bertz CT molecular complexity index is 997. The second-order valence-electron chi connectivity index (χ2n) is 7.86. The molecule has 6 heteroatoms. The molecule has 0 atom stereocenters. The zero-order valence-corrected chi connectivity index (χ0v) is 18.0. The molecule has 0 amide bonds. The zero-order valence-electron chi connectivity index (χ0n) is 18.0. The number of pyridine rings is 1. The SMILES string of the molecule is Cc1ccc(Cc2cnc(CCCCOc3cccc(CN(C)C)c3)[nH]c2=O)cn1. The van der Waals surface area contributed by atoms with Crippen molar-refractivity contribution in [1.82, 2.24) is 19.9 Å². The van der Waals surface area contributed by atoms with Gasteiger partial charge in [0.25, 0.3) is 5.56 Å². The van der Waals surface area contributed by atoms with Gasteiger partial charge in [-0.1, -0.05) is 18.2 Å². The number of ether oxygens (including phenoxy) is 1. The number of nitrogens with one attached hydrogen (secondary N) is 1. The minimum absolute atomic E-state index is 0.0745. The third kappa shape index (κ3) is 6.81. The molecule has 158 valence electrons. The van der Waals surface area contributed by atoms with E-state index in [0.29, 0.717) is 18.6 Å². The van der Waals surface area contributed by atoms with Gasteiger partial charge in [-0.3, -0.25) is 9.78 Å². The number of nitrogens with zero attached hydrogens (tertiary/aromatic N) is 3. The van der Waals surface area contributed by atoms with Gasteiger partial charge >= 0.3 is 0 Å². The van der Waals surface area contributed by atoms with Crippen LogP contribution in [0.2, 0.25) is 0 Å². The second kappa shape index (κ2) is 10.7. The molecule has 0 bridgehead atoms. The van der Waals surface area contributed by atoms with Gasteiger partial charge in [-0.25, -0.2) is 4.98 Å². The van der Waals surface area contributed by atoms with E-state index >= 15 is 0 Å². The fraction of sp³-hybridized carbons (Fsp3) is 0.375. The first-order valence-electron chi connectivity index (χ1n) is 10.3. The van der Waals surface area contributed by atoms with E-state index < -0.39 is 0 Å². The van der Waals surface area contributed by atoms with Gasteiger partial charge < -0.3 is 14.6 Å². The third-order valence-electron chi connectivity index (χ3n) is 4.77. The van der Waals surface area contributed by atoms with Crippen LogP contribution in [-0.2, 0) is 19.4 Å². The molecule has 0 unspecified atom stereocenters.